The van der Waals surface area contributed by atoms with Gasteiger partial charge in [-0.2, -0.15) is 5.26 Å². The van der Waals surface area contributed by atoms with Gasteiger partial charge in [0.1, 0.15) is 5.54 Å². The number of hydrogen-bond acceptors (Lipinski definition) is 4. The van der Waals surface area contributed by atoms with Crippen molar-refractivity contribution in [3.63, 3.8) is 0 Å². The van der Waals surface area contributed by atoms with Gasteiger partial charge in [0.2, 0.25) is 0 Å². The summed E-state index contributed by atoms with van der Waals surface area (Å²) in [5.74, 6) is -0.284. The molecule has 0 rings (SSSR count). The first kappa shape index (κ1) is 11.9. The predicted molar refractivity (Wildman–Crippen MR) is 48.9 cm³/mol. The molecule has 0 aliphatic rings. The van der Waals surface area contributed by atoms with Crippen molar-refractivity contribution in [3.8, 4) is 6.07 Å². The second kappa shape index (κ2) is 5.55. The summed E-state index contributed by atoms with van der Waals surface area (Å²) >= 11 is 0. The molecule has 0 amide bonds. The van der Waals surface area contributed by atoms with Crippen LogP contribution in [-0.2, 0) is 9.53 Å². The molecule has 0 radical (unpaired) electrons. The molecule has 0 spiro atoms. The highest BCUT2D eigenvalue weighted by molar-refractivity contribution is 5.79. The first-order valence-corrected chi connectivity index (χ1v) is 4.33. The largest absolute Gasteiger partial charge is 0.465 e. The monoisotopic (exact) mass is 184 g/mol. The third-order valence-corrected chi connectivity index (χ3v) is 1.59. The Morgan fingerprint density at radius 1 is 1.62 bits per heavy atom. The number of esters is 1. The molecule has 0 aliphatic carbocycles. The average Bonchev–Trinajstić information content (AvgIpc) is 2.05. The van der Waals surface area contributed by atoms with Gasteiger partial charge in [0, 0.05) is 13.0 Å². The molecule has 4 nitrogen and oxygen atoms in total. The van der Waals surface area contributed by atoms with Crippen LogP contribution in [0.3, 0.4) is 0 Å². The first-order valence-electron chi connectivity index (χ1n) is 4.33. The van der Waals surface area contributed by atoms with Crippen molar-refractivity contribution in [1.29, 1.82) is 5.26 Å². The summed E-state index contributed by atoms with van der Waals surface area (Å²) in [6.45, 7) is 6.12. The van der Waals surface area contributed by atoms with Crippen LogP contribution in [0.1, 0.15) is 27.2 Å². The zero-order valence-corrected chi connectivity index (χ0v) is 8.39. The number of nitrogens with zero attached hydrogens (tertiary/aromatic N) is 1. The summed E-state index contributed by atoms with van der Waals surface area (Å²) in [5, 5.41) is 11.2. The molecule has 0 aromatic heterocycles. The summed E-state index contributed by atoms with van der Waals surface area (Å²) in [6, 6.07) is 2.00. The minimum Gasteiger partial charge on any atom is -0.465 e. The normalized spacial score (nSPS) is 10.6. The Balaban J connectivity index is 3.92. The van der Waals surface area contributed by atoms with Crippen LogP contribution in [-0.4, -0.2) is 24.7 Å². The fourth-order valence-corrected chi connectivity index (χ4v) is 0.815. The van der Waals surface area contributed by atoms with Gasteiger partial charge in [-0.25, -0.2) is 0 Å². The van der Waals surface area contributed by atoms with Crippen LogP contribution < -0.4 is 5.32 Å². The van der Waals surface area contributed by atoms with Crippen molar-refractivity contribution in [3.05, 3.63) is 0 Å². The topological polar surface area (TPSA) is 62.1 Å². The van der Waals surface area contributed by atoms with E-state index in [0.717, 1.165) is 0 Å². The fourth-order valence-electron chi connectivity index (χ4n) is 0.815. The van der Waals surface area contributed by atoms with Gasteiger partial charge in [0.15, 0.2) is 0 Å². The summed E-state index contributed by atoms with van der Waals surface area (Å²) in [4.78, 5) is 11.3. The van der Waals surface area contributed by atoms with Gasteiger partial charge in [-0.15, -0.1) is 0 Å². The number of nitriles is 1. The lowest BCUT2D eigenvalue weighted by Gasteiger charge is -2.23. The highest BCUT2D eigenvalue weighted by Crippen LogP contribution is 2.04. The molecule has 1 N–H and O–H groups in total. The Labute approximate surface area is 78.9 Å². The molecule has 0 bridgehead atoms. The van der Waals surface area contributed by atoms with Crippen LogP contribution in [0.4, 0.5) is 0 Å². The fraction of sp³-hybridized carbons (Fsp3) is 0.778. The number of rotatable bonds is 5. The number of carbonyl (C=O) groups excluding carboxylic acids is 1. The maximum absolute atomic E-state index is 11.3. The Bertz CT molecular complexity index is 206. The van der Waals surface area contributed by atoms with E-state index in [-0.39, 0.29) is 5.97 Å². The molecule has 0 heterocycles. The molecule has 0 aromatic rings. The van der Waals surface area contributed by atoms with Crippen molar-refractivity contribution in [1.82, 2.24) is 5.32 Å². The molecule has 0 aliphatic heterocycles. The molecule has 0 atom stereocenters. The van der Waals surface area contributed by atoms with Crippen LogP contribution >= 0.6 is 0 Å². The standard InChI is InChI=1S/C9H16N2O2/c1-4-13-8(12)9(2,3)11-7-5-6-10/h11H,4-5,7H2,1-3H3. The minimum absolute atomic E-state index is 0.284. The lowest BCUT2D eigenvalue weighted by molar-refractivity contribution is -0.149. The van der Waals surface area contributed by atoms with E-state index in [2.05, 4.69) is 5.32 Å². The van der Waals surface area contributed by atoms with Gasteiger partial charge in [-0.05, 0) is 20.8 Å². The van der Waals surface area contributed by atoms with Crippen molar-refractivity contribution in [2.24, 2.45) is 0 Å². The number of ether oxygens (including phenoxy) is 1. The van der Waals surface area contributed by atoms with E-state index < -0.39 is 5.54 Å². The molecule has 13 heavy (non-hydrogen) atoms. The highest BCUT2D eigenvalue weighted by Gasteiger charge is 2.27. The molecule has 0 fully saturated rings. The van der Waals surface area contributed by atoms with Crippen LogP contribution in [0.15, 0.2) is 0 Å². The number of nitrogens with one attached hydrogen (secondary N) is 1. The van der Waals surface area contributed by atoms with Crippen LogP contribution in [0.2, 0.25) is 0 Å². The van der Waals surface area contributed by atoms with Crippen molar-refractivity contribution in [2.45, 2.75) is 32.7 Å². The predicted octanol–water partition coefficient (Wildman–Crippen LogP) is 0.831. The maximum Gasteiger partial charge on any atom is 0.325 e. The summed E-state index contributed by atoms with van der Waals surface area (Å²) in [7, 11) is 0. The maximum atomic E-state index is 11.3. The Hall–Kier alpha value is -1.08. The molecular weight excluding hydrogens is 168 g/mol. The Kier molecular flexibility index (Phi) is 5.09. The second-order valence-electron chi connectivity index (χ2n) is 3.18. The van der Waals surface area contributed by atoms with E-state index in [1.54, 1.807) is 20.8 Å². The van der Waals surface area contributed by atoms with Crippen LogP contribution in [0, 0.1) is 11.3 Å². The molecule has 0 saturated heterocycles. The van der Waals surface area contributed by atoms with Crippen molar-refractivity contribution < 1.29 is 9.53 Å². The molecule has 74 valence electrons. The second-order valence-corrected chi connectivity index (χ2v) is 3.18. The summed E-state index contributed by atoms with van der Waals surface area (Å²) in [6.07, 6.45) is 0.392. The quantitative estimate of drug-likeness (QED) is 0.508. The SMILES string of the molecule is CCOC(=O)C(C)(C)NCCC#N. The van der Waals surface area contributed by atoms with Crippen molar-refractivity contribution in [2.75, 3.05) is 13.2 Å². The van der Waals surface area contributed by atoms with E-state index in [1.165, 1.54) is 0 Å². The van der Waals surface area contributed by atoms with Gasteiger partial charge < -0.3 is 10.1 Å². The van der Waals surface area contributed by atoms with E-state index in [0.29, 0.717) is 19.6 Å². The first-order chi connectivity index (χ1) is 6.04. The highest BCUT2D eigenvalue weighted by atomic mass is 16.5. The van der Waals surface area contributed by atoms with E-state index >= 15 is 0 Å². The minimum atomic E-state index is -0.702. The Morgan fingerprint density at radius 3 is 2.69 bits per heavy atom. The van der Waals surface area contributed by atoms with Gasteiger partial charge in [0.25, 0.3) is 0 Å². The smallest absolute Gasteiger partial charge is 0.325 e. The summed E-state index contributed by atoms with van der Waals surface area (Å²) in [5.41, 5.74) is -0.702. The van der Waals surface area contributed by atoms with E-state index in [9.17, 15) is 4.79 Å². The zero-order chi connectivity index (χ0) is 10.3. The third kappa shape index (κ3) is 4.48. The molecule has 0 saturated carbocycles. The molecule has 0 aromatic carbocycles. The van der Waals surface area contributed by atoms with E-state index in [4.69, 9.17) is 10.00 Å². The molecule has 4 heteroatoms. The van der Waals surface area contributed by atoms with Crippen molar-refractivity contribution >= 4 is 5.97 Å². The summed E-state index contributed by atoms with van der Waals surface area (Å²) < 4.78 is 4.85. The molecular formula is C9H16N2O2. The lowest BCUT2D eigenvalue weighted by Crippen LogP contribution is -2.48. The van der Waals surface area contributed by atoms with E-state index in [1.807, 2.05) is 6.07 Å². The third-order valence-electron chi connectivity index (χ3n) is 1.59. The zero-order valence-electron chi connectivity index (χ0n) is 8.39. The number of carbonyl (C=O) groups is 1. The number of hydrogen-bond donors (Lipinski definition) is 1. The van der Waals surface area contributed by atoms with Gasteiger partial charge in [0.05, 0.1) is 12.7 Å². The van der Waals surface area contributed by atoms with Crippen LogP contribution in [0.5, 0.6) is 0 Å². The lowest BCUT2D eigenvalue weighted by atomic mass is 10.1. The van der Waals surface area contributed by atoms with Gasteiger partial charge in [-0.3, -0.25) is 4.79 Å². The van der Waals surface area contributed by atoms with Crippen LogP contribution in [0.25, 0.3) is 0 Å². The average molecular weight is 184 g/mol. The van der Waals surface area contributed by atoms with Gasteiger partial charge in [-0.1, -0.05) is 0 Å². The molecule has 0 unspecified atom stereocenters. The Morgan fingerprint density at radius 2 is 2.23 bits per heavy atom. The van der Waals surface area contributed by atoms with Gasteiger partial charge >= 0.3 is 5.97 Å².